The Labute approximate surface area is 337 Å². The number of rotatable bonds is 12. The molecule has 0 N–H and O–H groups in total. The molecule has 0 amide bonds. The van der Waals surface area contributed by atoms with Crippen LogP contribution in [0.1, 0.15) is 221 Å². The van der Waals surface area contributed by atoms with Crippen LogP contribution in [-0.2, 0) is 0 Å². The Morgan fingerprint density at radius 3 is 0.907 bits per heavy atom. The van der Waals surface area contributed by atoms with Crippen molar-refractivity contribution in [3.63, 3.8) is 0 Å². The summed E-state index contributed by atoms with van der Waals surface area (Å²) in [5, 5.41) is 0. The third-order valence-corrected chi connectivity index (χ3v) is 19.6. The second kappa shape index (κ2) is 18.5. The second-order valence-corrected chi connectivity index (χ2v) is 22.9. The monoisotopic (exact) mass is 745 g/mol. The van der Waals surface area contributed by atoms with Crippen LogP contribution < -0.4 is 0 Å². The van der Waals surface area contributed by atoms with E-state index in [1.165, 1.54) is 128 Å². The van der Waals surface area contributed by atoms with Crippen LogP contribution in [0.25, 0.3) is 0 Å². The lowest BCUT2D eigenvalue weighted by molar-refractivity contribution is -0.178. The molecule has 0 saturated heterocycles. The molecule has 8 rings (SSSR count). The molecule has 0 heterocycles. The Balaban J connectivity index is 1.16. The molecule has 0 aromatic rings. The summed E-state index contributed by atoms with van der Waals surface area (Å²) < 4.78 is 0. The van der Waals surface area contributed by atoms with Crippen molar-refractivity contribution in [2.24, 2.45) is 71.0 Å². The van der Waals surface area contributed by atoms with Gasteiger partial charge < -0.3 is 0 Å². The van der Waals surface area contributed by atoms with E-state index in [4.69, 9.17) is 0 Å². The van der Waals surface area contributed by atoms with Crippen LogP contribution in [0.15, 0.2) is 0 Å². The smallest absolute Gasteiger partial charge is 0.0135 e. The van der Waals surface area contributed by atoms with E-state index in [-0.39, 0.29) is 0 Å². The molecule has 0 bridgehead atoms. The second-order valence-electron chi connectivity index (χ2n) is 22.9. The molecular formula is C52H92N2. The summed E-state index contributed by atoms with van der Waals surface area (Å²) >= 11 is 0. The van der Waals surface area contributed by atoms with Gasteiger partial charge in [-0.3, -0.25) is 9.80 Å². The molecule has 8 aliphatic carbocycles. The summed E-state index contributed by atoms with van der Waals surface area (Å²) in [5.41, 5.74) is 0. The molecule has 0 aromatic heterocycles. The zero-order valence-corrected chi connectivity index (χ0v) is 37.1. The minimum Gasteiger partial charge on any atom is -0.294 e. The maximum Gasteiger partial charge on any atom is 0.0135 e. The van der Waals surface area contributed by atoms with Crippen molar-refractivity contribution in [2.75, 3.05) is 0 Å². The van der Waals surface area contributed by atoms with E-state index in [1.54, 1.807) is 51.4 Å². The predicted octanol–water partition coefficient (Wildman–Crippen LogP) is 14.3. The number of hydrogen-bond acceptors (Lipinski definition) is 2. The van der Waals surface area contributed by atoms with E-state index in [9.17, 15) is 0 Å². The van der Waals surface area contributed by atoms with Gasteiger partial charge in [-0.15, -0.1) is 0 Å². The van der Waals surface area contributed by atoms with Gasteiger partial charge in [0.1, 0.15) is 0 Å². The van der Waals surface area contributed by atoms with Gasteiger partial charge in [-0.2, -0.15) is 0 Å². The average molecular weight is 745 g/mol. The zero-order chi connectivity index (χ0) is 37.3. The van der Waals surface area contributed by atoms with Crippen LogP contribution in [-0.4, -0.2) is 46.1 Å². The molecule has 0 aliphatic heterocycles. The molecule has 310 valence electrons. The first kappa shape index (κ1) is 40.7. The van der Waals surface area contributed by atoms with Crippen molar-refractivity contribution in [1.29, 1.82) is 0 Å². The molecule has 0 spiro atoms. The highest BCUT2D eigenvalue weighted by molar-refractivity contribution is 5.12. The summed E-state index contributed by atoms with van der Waals surface area (Å²) in [4.78, 5) is 6.88. The molecule has 10 unspecified atom stereocenters. The maximum absolute atomic E-state index is 3.44. The average Bonchev–Trinajstić information content (AvgIpc) is 3.19. The topological polar surface area (TPSA) is 6.48 Å². The van der Waals surface area contributed by atoms with Crippen molar-refractivity contribution in [3.05, 3.63) is 0 Å². The Morgan fingerprint density at radius 1 is 0.352 bits per heavy atom. The standard InChI is InChI=1S/C52H92N2/c1-7-9-11-39-33-49(53(41-21-13-35(3)14-22-41)42-23-15-36(4)16-24-42)47-32-30-46-40(12-10-8-2)34-50(48-31-29-45(39)51(47)52(46)48)54(43-25-17-37(5)18-26-43)44-27-19-38(6)20-28-44/h35-52H,7-34H2,1-6H3. The minimum absolute atomic E-state index is 0.888. The van der Waals surface area contributed by atoms with Gasteiger partial charge in [0.2, 0.25) is 0 Å². The summed E-state index contributed by atoms with van der Waals surface area (Å²) in [7, 11) is 0. The van der Waals surface area contributed by atoms with Crippen molar-refractivity contribution in [1.82, 2.24) is 9.80 Å². The summed E-state index contributed by atoms with van der Waals surface area (Å²) in [6.07, 6.45) is 42.5. The third kappa shape index (κ3) is 8.49. The Kier molecular flexibility index (Phi) is 13.9. The molecule has 8 saturated carbocycles. The van der Waals surface area contributed by atoms with E-state index in [0.717, 1.165) is 107 Å². The van der Waals surface area contributed by atoms with Gasteiger partial charge >= 0.3 is 0 Å². The first-order chi connectivity index (χ1) is 26.3. The third-order valence-electron chi connectivity index (χ3n) is 19.6. The fourth-order valence-corrected chi connectivity index (χ4v) is 16.8. The summed E-state index contributed by atoms with van der Waals surface area (Å²) in [6.45, 7) is 15.3. The van der Waals surface area contributed by atoms with Gasteiger partial charge in [0.15, 0.2) is 0 Å². The van der Waals surface area contributed by atoms with Gasteiger partial charge in [-0.05, 0) is 212 Å². The van der Waals surface area contributed by atoms with Crippen LogP contribution in [0.2, 0.25) is 0 Å². The highest BCUT2D eigenvalue weighted by Gasteiger charge is 2.61. The Hall–Kier alpha value is -0.0800. The fourth-order valence-electron chi connectivity index (χ4n) is 16.8. The van der Waals surface area contributed by atoms with Crippen LogP contribution in [0.3, 0.4) is 0 Å². The molecular weight excluding hydrogens is 653 g/mol. The largest absolute Gasteiger partial charge is 0.294 e. The lowest BCUT2D eigenvalue weighted by Gasteiger charge is -2.67. The van der Waals surface area contributed by atoms with Crippen LogP contribution in [0, 0.1) is 71.0 Å². The predicted molar refractivity (Wildman–Crippen MR) is 232 cm³/mol. The van der Waals surface area contributed by atoms with Crippen molar-refractivity contribution < 1.29 is 0 Å². The van der Waals surface area contributed by atoms with E-state index in [1.807, 2.05) is 0 Å². The molecule has 8 aliphatic rings. The van der Waals surface area contributed by atoms with Crippen molar-refractivity contribution in [3.8, 4) is 0 Å². The normalized spacial score (nSPS) is 48.4. The highest BCUT2D eigenvalue weighted by Crippen LogP contribution is 2.65. The zero-order valence-electron chi connectivity index (χ0n) is 37.1. The Bertz CT molecular complexity index is 985. The molecule has 8 fully saturated rings. The lowest BCUT2D eigenvalue weighted by atomic mass is 9.42. The molecule has 2 nitrogen and oxygen atoms in total. The first-order valence-electron chi connectivity index (χ1n) is 25.9. The first-order valence-corrected chi connectivity index (χ1v) is 25.9. The minimum atomic E-state index is 0.888. The van der Waals surface area contributed by atoms with Gasteiger partial charge in [-0.1, -0.05) is 80.1 Å². The number of unbranched alkanes of at least 4 members (excludes halogenated alkanes) is 2. The van der Waals surface area contributed by atoms with Gasteiger partial charge in [0.25, 0.3) is 0 Å². The fraction of sp³-hybridized carbons (Fsp3) is 1.00. The van der Waals surface area contributed by atoms with Crippen molar-refractivity contribution >= 4 is 0 Å². The van der Waals surface area contributed by atoms with E-state index < -0.39 is 0 Å². The van der Waals surface area contributed by atoms with E-state index in [0.29, 0.717) is 0 Å². The molecule has 0 radical (unpaired) electrons. The van der Waals surface area contributed by atoms with Gasteiger partial charge in [0.05, 0.1) is 0 Å². The van der Waals surface area contributed by atoms with Gasteiger partial charge in [-0.25, -0.2) is 0 Å². The van der Waals surface area contributed by atoms with Crippen LogP contribution >= 0.6 is 0 Å². The number of nitrogens with zero attached hydrogens (tertiary/aromatic N) is 2. The van der Waals surface area contributed by atoms with Gasteiger partial charge in [0, 0.05) is 36.3 Å². The quantitative estimate of drug-likeness (QED) is 0.196. The number of hydrogen-bond donors (Lipinski definition) is 0. The molecule has 0 aromatic carbocycles. The SMILES string of the molecule is CCCCC1CC(N(C2CCC(C)CC2)C2CCC(C)CC2)C2CCC3C(CCCC)CC(N(C4CCC(C)CC4)C4CCC(C)CC4)C4CCC1C2C34. The Morgan fingerprint density at radius 2 is 0.630 bits per heavy atom. The highest BCUT2D eigenvalue weighted by atomic mass is 15.2. The lowest BCUT2D eigenvalue weighted by Crippen LogP contribution is -2.66. The summed E-state index contributed by atoms with van der Waals surface area (Å²) in [5.74, 6) is 12.0. The molecule has 2 heteroatoms. The molecule has 54 heavy (non-hydrogen) atoms. The molecule has 10 atom stereocenters. The summed E-state index contributed by atoms with van der Waals surface area (Å²) in [6, 6.07) is 5.35. The van der Waals surface area contributed by atoms with E-state index >= 15 is 0 Å². The van der Waals surface area contributed by atoms with Crippen molar-refractivity contribution in [2.45, 2.75) is 258 Å². The maximum atomic E-state index is 3.44. The van der Waals surface area contributed by atoms with E-state index in [2.05, 4.69) is 51.3 Å². The van der Waals surface area contributed by atoms with Crippen LogP contribution in [0.4, 0.5) is 0 Å². The van der Waals surface area contributed by atoms with Crippen LogP contribution in [0.5, 0.6) is 0 Å².